The third kappa shape index (κ3) is 1.84. The van der Waals surface area contributed by atoms with Crippen molar-refractivity contribution >= 4 is 16.8 Å². The van der Waals surface area contributed by atoms with Crippen molar-refractivity contribution in [3.8, 4) is 0 Å². The van der Waals surface area contributed by atoms with Crippen molar-refractivity contribution in [2.75, 3.05) is 0 Å². The summed E-state index contributed by atoms with van der Waals surface area (Å²) in [5.74, 6) is -3.55. The molecule has 0 aliphatic rings. The highest BCUT2D eigenvalue weighted by molar-refractivity contribution is 6.67. The first kappa shape index (κ1) is 10.9. The highest BCUT2D eigenvalue weighted by Crippen LogP contribution is 2.27. The van der Waals surface area contributed by atoms with E-state index >= 15 is 0 Å². The van der Waals surface area contributed by atoms with E-state index in [9.17, 15) is 22.4 Å². The highest BCUT2D eigenvalue weighted by atomic mass is 35.5. The number of pyridine rings is 1. The van der Waals surface area contributed by atoms with Crippen LogP contribution in [0.3, 0.4) is 0 Å². The van der Waals surface area contributed by atoms with Gasteiger partial charge in [0.1, 0.15) is 0 Å². The van der Waals surface area contributed by atoms with Crippen LogP contribution in [0.5, 0.6) is 0 Å². The van der Waals surface area contributed by atoms with Crippen LogP contribution < -0.4 is 0 Å². The maximum absolute atomic E-state index is 12.7. The lowest BCUT2D eigenvalue weighted by atomic mass is 10.1. The standard InChI is InChI=1S/C7H2ClF4NO/c8-5(14)2-1-13-7(12)4(9)3(2)6(10)11/h1,6H. The lowest BCUT2D eigenvalue weighted by molar-refractivity contribution is 0.106. The van der Waals surface area contributed by atoms with Gasteiger partial charge in [-0.25, -0.2) is 18.2 Å². The summed E-state index contributed by atoms with van der Waals surface area (Å²) in [6.07, 6.45) is -2.86. The minimum Gasteiger partial charge on any atom is -0.276 e. The highest BCUT2D eigenvalue weighted by Gasteiger charge is 2.25. The molecule has 2 nitrogen and oxygen atoms in total. The van der Waals surface area contributed by atoms with Gasteiger partial charge in [-0.1, -0.05) is 0 Å². The molecule has 0 N–H and O–H groups in total. The number of rotatable bonds is 2. The van der Waals surface area contributed by atoms with Gasteiger partial charge in [-0.05, 0) is 11.6 Å². The zero-order valence-corrected chi connectivity index (χ0v) is 7.16. The Bertz CT molecular complexity index is 382. The monoisotopic (exact) mass is 227 g/mol. The zero-order valence-electron chi connectivity index (χ0n) is 6.40. The van der Waals surface area contributed by atoms with Crippen LogP contribution in [0.25, 0.3) is 0 Å². The first-order chi connectivity index (χ1) is 6.45. The van der Waals surface area contributed by atoms with Gasteiger partial charge in [0, 0.05) is 6.20 Å². The molecule has 0 radical (unpaired) electrons. The molecule has 0 fully saturated rings. The first-order valence-corrected chi connectivity index (χ1v) is 3.64. The number of aromatic nitrogens is 1. The van der Waals surface area contributed by atoms with E-state index in [2.05, 4.69) is 4.98 Å². The summed E-state index contributed by atoms with van der Waals surface area (Å²) < 4.78 is 49.5. The second kappa shape index (κ2) is 3.91. The molecule has 0 amide bonds. The lowest BCUT2D eigenvalue weighted by Crippen LogP contribution is -2.06. The topological polar surface area (TPSA) is 30.0 Å². The maximum Gasteiger partial charge on any atom is 0.267 e. The van der Waals surface area contributed by atoms with E-state index in [0.717, 1.165) is 0 Å². The van der Waals surface area contributed by atoms with Gasteiger partial charge < -0.3 is 0 Å². The summed E-state index contributed by atoms with van der Waals surface area (Å²) in [6, 6.07) is 0. The normalized spacial score (nSPS) is 10.7. The molecule has 0 saturated carbocycles. The van der Waals surface area contributed by atoms with Crippen LogP contribution in [0, 0.1) is 11.8 Å². The molecule has 0 spiro atoms. The summed E-state index contributed by atoms with van der Waals surface area (Å²) in [6.45, 7) is 0. The Balaban J connectivity index is 3.45. The van der Waals surface area contributed by atoms with E-state index in [4.69, 9.17) is 11.6 Å². The van der Waals surface area contributed by atoms with E-state index in [1.54, 1.807) is 0 Å². The van der Waals surface area contributed by atoms with Gasteiger partial charge in [-0.15, -0.1) is 0 Å². The number of carbonyl (C=O) groups excluding carboxylic acids is 1. The van der Waals surface area contributed by atoms with E-state index in [1.165, 1.54) is 0 Å². The average Bonchev–Trinajstić information content (AvgIpc) is 2.08. The first-order valence-electron chi connectivity index (χ1n) is 3.27. The molecule has 1 rings (SSSR count). The molecule has 7 heteroatoms. The van der Waals surface area contributed by atoms with Gasteiger partial charge in [-0.2, -0.15) is 4.39 Å². The molecule has 0 atom stereocenters. The SMILES string of the molecule is O=C(Cl)c1cnc(F)c(F)c1C(F)F. The molecule has 0 unspecified atom stereocenters. The van der Waals surface area contributed by atoms with E-state index in [0.29, 0.717) is 6.20 Å². The molecular weight excluding hydrogens is 226 g/mol. The van der Waals surface area contributed by atoms with Crippen molar-refractivity contribution < 1.29 is 22.4 Å². The molecular formula is C7H2ClF4NO. The van der Waals surface area contributed by atoms with Gasteiger partial charge in [0.25, 0.3) is 11.7 Å². The van der Waals surface area contributed by atoms with Crippen LogP contribution in [0.2, 0.25) is 0 Å². The van der Waals surface area contributed by atoms with E-state index in [1.807, 2.05) is 0 Å². The maximum atomic E-state index is 12.7. The zero-order chi connectivity index (χ0) is 10.9. The third-order valence-electron chi connectivity index (χ3n) is 1.44. The van der Waals surface area contributed by atoms with Gasteiger partial charge >= 0.3 is 0 Å². The number of carbonyl (C=O) groups is 1. The average molecular weight is 228 g/mol. The fourth-order valence-corrected chi connectivity index (χ4v) is 0.997. The minimum atomic E-state index is -3.33. The van der Waals surface area contributed by atoms with Crippen molar-refractivity contribution in [1.82, 2.24) is 4.98 Å². The molecule has 1 heterocycles. The molecule has 14 heavy (non-hydrogen) atoms. The van der Waals surface area contributed by atoms with Crippen LogP contribution in [0.4, 0.5) is 17.6 Å². The summed E-state index contributed by atoms with van der Waals surface area (Å²) in [5.41, 5.74) is -2.20. The van der Waals surface area contributed by atoms with Crippen molar-refractivity contribution in [2.24, 2.45) is 0 Å². The summed E-state index contributed by atoms with van der Waals surface area (Å²) in [5, 5.41) is -1.31. The van der Waals surface area contributed by atoms with Gasteiger partial charge in [-0.3, -0.25) is 4.79 Å². The Kier molecular flexibility index (Phi) is 3.05. The Hall–Kier alpha value is -1.17. The number of hydrogen-bond donors (Lipinski definition) is 0. The molecule has 0 saturated heterocycles. The van der Waals surface area contributed by atoms with Crippen LogP contribution in [-0.4, -0.2) is 10.2 Å². The molecule has 0 bridgehead atoms. The van der Waals surface area contributed by atoms with Crippen LogP contribution >= 0.6 is 11.6 Å². The molecule has 1 aromatic heterocycles. The summed E-state index contributed by atoms with van der Waals surface area (Å²) >= 11 is 4.88. The Labute approximate surface area is 80.5 Å². The molecule has 76 valence electrons. The van der Waals surface area contributed by atoms with Crippen molar-refractivity contribution in [3.63, 3.8) is 0 Å². The Morgan fingerprint density at radius 1 is 1.43 bits per heavy atom. The molecule has 0 aromatic carbocycles. The Morgan fingerprint density at radius 3 is 2.43 bits per heavy atom. The quantitative estimate of drug-likeness (QED) is 0.442. The fourth-order valence-electron chi connectivity index (χ4n) is 0.847. The Morgan fingerprint density at radius 2 is 2.00 bits per heavy atom. The largest absolute Gasteiger partial charge is 0.276 e. The van der Waals surface area contributed by atoms with Crippen LogP contribution in [0.1, 0.15) is 22.3 Å². The number of hydrogen-bond acceptors (Lipinski definition) is 2. The van der Waals surface area contributed by atoms with Crippen LogP contribution in [0.15, 0.2) is 6.20 Å². The smallest absolute Gasteiger partial charge is 0.267 e. The van der Waals surface area contributed by atoms with Gasteiger partial charge in [0.15, 0.2) is 5.82 Å². The van der Waals surface area contributed by atoms with Gasteiger partial charge in [0.2, 0.25) is 5.95 Å². The van der Waals surface area contributed by atoms with E-state index < -0.39 is 34.6 Å². The molecule has 0 aliphatic heterocycles. The van der Waals surface area contributed by atoms with E-state index in [-0.39, 0.29) is 0 Å². The minimum absolute atomic E-state index is 0.468. The predicted molar refractivity (Wildman–Crippen MR) is 39.3 cm³/mol. The lowest BCUT2D eigenvalue weighted by Gasteiger charge is -2.05. The van der Waals surface area contributed by atoms with Gasteiger partial charge in [0.05, 0.1) is 11.1 Å². The van der Waals surface area contributed by atoms with Crippen LogP contribution in [-0.2, 0) is 0 Å². The summed E-state index contributed by atoms with van der Waals surface area (Å²) in [7, 11) is 0. The third-order valence-corrected chi connectivity index (χ3v) is 1.65. The fraction of sp³-hybridized carbons (Fsp3) is 0.143. The van der Waals surface area contributed by atoms with Crippen molar-refractivity contribution in [1.29, 1.82) is 0 Å². The molecule has 1 aromatic rings. The summed E-state index contributed by atoms with van der Waals surface area (Å²) in [4.78, 5) is 13.3. The van der Waals surface area contributed by atoms with Crippen molar-refractivity contribution in [3.05, 3.63) is 29.1 Å². The predicted octanol–water partition coefficient (Wildman–Crippen LogP) is 2.68. The second-order valence-electron chi connectivity index (χ2n) is 2.26. The molecule has 0 aliphatic carbocycles. The van der Waals surface area contributed by atoms with Crippen molar-refractivity contribution in [2.45, 2.75) is 6.43 Å². The number of alkyl halides is 2. The second-order valence-corrected chi connectivity index (χ2v) is 2.61. The number of halogens is 5. The number of nitrogens with zero attached hydrogens (tertiary/aromatic N) is 1.